The highest BCUT2D eigenvalue weighted by Gasteiger charge is 2.24. The number of aromatic nitrogens is 2. The highest BCUT2D eigenvalue weighted by Crippen LogP contribution is 2.23. The van der Waals surface area contributed by atoms with Gasteiger partial charge in [-0.15, -0.1) is 0 Å². The Labute approximate surface area is 148 Å². The van der Waals surface area contributed by atoms with Crippen LogP contribution in [0.1, 0.15) is 37.7 Å². The molecule has 2 aromatic rings. The Kier molecular flexibility index (Phi) is 6.06. The molecule has 1 heterocycles. The first kappa shape index (κ1) is 17.5. The number of carbonyl (C=O) groups excluding carboxylic acids is 1. The SMILES string of the molecule is O=C(Nc1ccn(Cc2ccccc2)n1)NC1CCCCCC1CO. The first-order valence-corrected chi connectivity index (χ1v) is 9.00. The van der Waals surface area contributed by atoms with Crippen molar-refractivity contribution in [3.8, 4) is 0 Å². The minimum absolute atomic E-state index is 0.0268. The maximum atomic E-state index is 12.3. The molecule has 0 spiro atoms. The molecule has 3 rings (SSSR count). The summed E-state index contributed by atoms with van der Waals surface area (Å²) in [4.78, 5) is 12.3. The lowest BCUT2D eigenvalue weighted by molar-refractivity contribution is 0.182. The number of amides is 2. The second-order valence-corrected chi connectivity index (χ2v) is 6.67. The normalized spacial score (nSPS) is 20.7. The van der Waals surface area contributed by atoms with Crippen LogP contribution in [0.25, 0.3) is 0 Å². The standard InChI is InChI=1S/C19H26N4O2/c24-14-16-9-5-2-6-10-17(16)20-19(25)21-18-11-12-23(22-18)13-15-7-3-1-4-8-15/h1,3-4,7-8,11-12,16-17,24H,2,5-6,9-10,13-14H2,(H2,20,21,22,25). The molecule has 0 bridgehead atoms. The number of aliphatic hydroxyl groups is 1. The molecular formula is C19H26N4O2. The third kappa shape index (κ3) is 5.06. The molecule has 0 saturated heterocycles. The van der Waals surface area contributed by atoms with Crippen LogP contribution in [0.2, 0.25) is 0 Å². The lowest BCUT2D eigenvalue weighted by Gasteiger charge is -2.24. The van der Waals surface area contributed by atoms with Crippen molar-refractivity contribution in [1.29, 1.82) is 0 Å². The number of nitrogens with zero attached hydrogens (tertiary/aromatic N) is 2. The molecule has 0 aliphatic heterocycles. The van der Waals surface area contributed by atoms with Gasteiger partial charge in [-0.25, -0.2) is 4.79 Å². The van der Waals surface area contributed by atoms with E-state index in [4.69, 9.17) is 0 Å². The average Bonchev–Trinajstić information content (AvgIpc) is 2.92. The number of benzene rings is 1. The molecule has 1 aromatic carbocycles. The van der Waals surface area contributed by atoms with Gasteiger partial charge in [-0.1, -0.05) is 49.6 Å². The lowest BCUT2D eigenvalue weighted by atomic mass is 9.96. The van der Waals surface area contributed by atoms with Gasteiger partial charge in [0.2, 0.25) is 0 Å². The quantitative estimate of drug-likeness (QED) is 0.731. The van der Waals surface area contributed by atoms with E-state index in [9.17, 15) is 9.90 Å². The fourth-order valence-corrected chi connectivity index (χ4v) is 3.40. The monoisotopic (exact) mass is 342 g/mol. The highest BCUT2D eigenvalue weighted by atomic mass is 16.3. The Balaban J connectivity index is 1.54. The molecule has 1 aliphatic carbocycles. The smallest absolute Gasteiger partial charge is 0.320 e. The van der Waals surface area contributed by atoms with Crippen molar-refractivity contribution in [3.63, 3.8) is 0 Å². The number of carbonyl (C=O) groups is 1. The van der Waals surface area contributed by atoms with Crippen LogP contribution in [0.3, 0.4) is 0 Å². The van der Waals surface area contributed by atoms with Crippen LogP contribution in [0, 0.1) is 5.92 Å². The topological polar surface area (TPSA) is 79.2 Å². The maximum Gasteiger partial charge on any atom is 0.320 e. The first-order valence-electron chi connectivity index (χ1n) is 9.00. The molecule has 6 heteroatoms. The summed E-state index contributed by atoms with van der Waals surface area (Å²) in [5.41, 5.74) is 1.16. The van der Waals surface area contributed by atoms with Crippen molar-refractivity contribution in [2.75, 3.05) is 11.9 Å². The molecule has 2 unspecified atom stereocenters. The largest absolute Gasteiger partial charge is 0.396 e. The van der Waals surface area contributed by atoms with Gasteiger partial charge >= 0.3 is 6.03 Å². The lowest BCUT2D eigenvalue weighted by Crippen LogP contribution is -2.43. The summed E-state index contributed by atoms with van der Waals surface area (Å²) >= 11 is 0. The summed E-state index contributed by atoms with van der Waals surface area (Å²) in [7, 11) is 0. The van der Waals surface area contributed by atoms with E-state index in [-0.39, 0.29) is 24.6 Å². The minimum atomic E-state index is -0.254. The zero-order valence-electron chi connectivity index (χ0n) is 14.4. The number of urea groups is 1. The van der Waals surface area contributed by atoms with Crippen molar-refractivity contribution >= 4 is 11.8 Å². The molecule has 2 amide bonds. The van der Waals surface area contributed by atoms with Crippen LogP contribution < -0.4 is 10.6 Å². The van der Waals surface area contributed by atoms with Gasteiger partial charge in [0.1, 0.15) is 0 Å². The van der Waals surface area contributed by atoms with Crippen LogP contribution in [-0.2, 0) is 6.54 Å². The third-order valence-corrected chi connectivity index (χ3v) is 4.78. The fraction of sp³-hybridized carbons (Fsp3) is 0.474. The van der Waals surface area contributed by atoms with E-state index >= 15 is 0 Å². The Hall–Kier alpha value is -2.34. The Morgan fingerprint density at radius 3 is 2.76 bits per heavy atom. The van der Waals surface area contributed by atoms with Crippen LogP contribution in [0.4, 0.5) is 10.6 Å². The van der Waals surface area contributed by atoms with Crippen LogP contribution >= 0.6 is 0 Å². The first-order chi connectivity index (χ1) is 12.2. The number of hydrogen-bond acceptors (Lipinski definition) is 3. The zero-order valence-corrected chi connectivity index (χ0v) is 14.4. The van der Waals surface area contributed by atoms with E-state index < -0.39 is 0 Å². The minimum Gasteiger partial charge on any atom is -0.396 e. The fourth-order valence-electron chi connectivity index (χ4n) is 3.40. The summed E-state index contributed by atoms with van der Waals surface area (Å²) < 4.78 is 1.80. The van der Waals surface area contributed by atoms with E-state index in [0.29, 0.717) is 12.4 Å². The summed E-state index contributed by atoms with van der Waals surface area (Å²) in [5, 5.41) is 19.7. The second-order valence-electron chi connectivity index (χ2n) is 6.67. The molecule has 3 N–H and O–H groups in total. The molecule has 2 atom stereocenters. The number of nitrogens with one attached hydrogen (secondary N) is 2. The molecular weight excluding hydrogens is 316 g/mol. The van der Waals surface area contributed by atoms with E-state index in [2.05, 4.69) is 15.7 Å². The Bertz CT molecular complexity index is 671. The number of aliphatic hydroxyl groups excluding tert-OH is 1. The van der Waals surface area contributed by atoms with Crippen LogP contribution in [0.5, 0.6) is 0 Å². The van der Waals surface area contributed by atoms with Gasteiger partial charge in [0.25, 0.3) is 0 Å². The van der Waals surface area contributed by atoms with Gasteiger partial charge in [0.05, 0.1) is 6.54 Å². The van der Waals surface area contributed by atoms with Gasteiger partial charge < -0.3 is 10.4 Å². The molecule has 1 fully saturated rings. The summed E-state index contributed by atoms with van der Waals surface area (Å²) in [6.45, 7) is 0.788. The molecule has 1 saturated carbocycles. The van der Waals surface area contributed by atoms with E-state index in [1.54, 1.807) is 10.7 Å². The van der Waals surface area contributed by atoms with Gasteiger partial charge in [0.15, 0.2) is 5.82 Å². The van der Waals surface area contributed by atoms with Crippen molar-refractivity contribution in [3.05, 3.63) is 48.2 Å². The molecule has 6 nitrogen and oxygen atoms in total. The van der Waals surface area contributed by atoms with Gasteiger partial charge in [0, 0.05) is 30.8 Å². The summed E-state index contributed by atoms with van der Waals surface area (Å²) in [6, 6.07) is 11.6. The van der Waals surface area contributed by atoms with Crippen LogP contribution in [0.15, 0.2) is 42.6 Å². The van der Waals surface area contributed by atoms with Crippen LogP contribution in [-0.4, -0.2) is 33.6 Å². The highest BCUT2D eigenvalue weighted by molar-refractivity contribution is 5.88. The predicted octanol–water partition coefficient (Wildman–Crippen LogP) is 2.99. The van der Waals surface area contributed by atoms with Crippen molar-refractivity contribution in [1.82, 2.24) is 15.1 Å². The van der Waals surface area contributed by atoms with E-state index in [0.717, 1.165) is 31.2 Å². The molecule has 134 valence electrons. The van der Waals surface area contributed by atoms with E-state index in [1.165, 1.54) is 6.42 Å². The van der Waals surface area contributed by atoms with Crippen molar-refractivity contribution in [2.24, 2.45) is 5.92 Å². The molecule has 25 heavy (non-hydrogen) atoms. The van der Waals surface area contributed by atoms with Crippen molar-refractivity contribution in [2.45, 2.75) is 44.7 Å². The van der Waals surface area contributed by atoms with Gasteiger partial charge in [-0.3, -0.25) is 10.00 Å². The number of anilines is 1. The van der Waals surface area contributed by atoms with E-state index in [1.807, 2.05) is 36.5 Å². The van der Waals surface area contributed by atoms with Crippen molar-refractivity contribution < 1.29 is 9.90 Å². The van der Waals surface area contributed by atoms with Gasteiger partial charge in [-0.05, 0) is 18.4 Å². The Morgan fingerprint density at radius 1 is 1.16 bits per heavy atom. The maximum absolute atomic E-state index is 12.3. The summed E-state index contributed by atoms with van der Waals surface area (Å²) in [5.74, 6) is 0.673. The number of rotatable bonds is 5. The average molecular weight is 342 g/mol. The third-order valence-electron chi connectivity index (χ3n) is 4.78. The molecule has 1 aromatic heterocycles. The second kappa shape index (κ2) is 8.67. The predicted molar refractivity (Wildman–Crippen MR) is 97.4 cm³/mol. The zero-order chi connectivity index (χ0) is 17.5. The van der Waals surface area contributed by atoms with Gasteiger partial charge in [-0.2, -0.15) is 5.10 Å². The Morgan fingerprint density at radius 2 is 1.96 bits per heavy atom. The number of hydrogen-bond donors (Lipinski definition) is 3. The molecule has 0 radical (unpaired) electrons. The molecule has 1 aliphatic rings. The summed E-state index contributed by atoms with van der Waals surface area (Å²) in [6.07, 6.45) is 7.11.